The fourth-order valence-corrected chi connectivity index (χ4v) is 2.19. The summed E-state index contributed by atoms with van der Waals surface area (Å²) < 4.78 is 10.1. The van der Waals surface area contributed by atoms with Gasteiger partial charge in [-0.15, -0.1) is 0 Å². The Morgan fingerprint density at radius 1 is 1.35 bits per heavy atom. The molecule has 0 fully saturated rings. The molecule has 1 N–H and O–H groups in total. The van der Waals surface area contributed by atoms with E-state index in [0.29, 0.717) is 16.9 Å². The van der Waals surface area contributed by atoms with Crippen LogP contribution < -0.4 is 4.74 Å². The number of aliphatic hydroxyl groups is 1. The van der Waals surface area contributed by atoms with E-state index in [9.17, 15) is 9.90 Å². The summed E-state index contributed by atoms with van der Waals surface area (Å²) in [6.07, 6.45) is -1.24. The number of fused-ring (bicyclic) bond motifs is 2. The molecule has 4 nitrogen and oxygen atoms in total. The normalized spacial score (nSPS) is 18.0. The number of aliphatic hydroxyl groups excluding tert-OH is 1. The molecule has 1 atom stereocenters. The van der Waals surface area contributed by atoms with Crippen molar-refractivity contribution in [2.24, 2.45) is 0 Å². The molecule has 2 aromatic rings. The number of cyclic esters (lactones) is 1. The largest absolute Gasteiger partial charge is 0.496 e. The predicted octanol–water partition coefficient (Wildman–Crippen LogP) is 2.01. The summed E-state index contributed by atoms with van der Waals surface area (Å²) in [5.41, 5.74) is 0.782. The first-order valence-electron chi connectivity index (χ1n) is 5.21. The van der Waals surface area contributed by atoms with E-state index in [0.717, 1.165) is 10.8 Å². The Morgan fingerprint density at radius 2 is 2.12 bits per heavy atom. The number of methoxy groups -OCH3 is 1. The minimum Gasteiger partial charge on any atom is -0.496 e. The topological polar surface area (TPSA) is 55.8 Å². The Morgan fingerprint density at radius 3 is 2.88 bits per heavy atom. The van der Waals surface area contributed by atoms with E-state index in [4.69, 9.17) is 9.47 Å². The number of ether oxygens (including phenoxy) is 2. The molecule has 1 aliphatic heterocycles. The summed E-state index contributed by atoms with van der Waals surface area (Å²) in [6, 6.07) is 9.23. The zero-order valence-corrected chi connectivity index (χ0v) is 9.14. The second-order valence-corrected chi connectivity index (χ2v) is 3.85. The van der Waals surface area contributed by atoms with Crippen LogP contribution in [0.15, 0.2) is 30.3 Å². The third-order valence-corrected chi connectivity index (χ3v) is 2.93. The fourth-order valence-electron chi connectivity index (χ4n) is 2.19. The monoisotopic (exact) mass is 230 g/mol. The van der Waals surface area contributed by atoms with Gasteiger partial charge in [-0.05, 0) is 11.5 Å². The lowest BCUT2D eigenvalue weighted by Gasteiger charge is -2.11. The third kappa shape index (κ3) is 1.31. The lowest BCUT2D eigenvalue weighted by Crippen LogP contribution is -1.98. The average Bonchev–Trinajstić information content (AvgIpc) is 2.62. The van der Waals surface area contributed by atoms with Crippen LogP contribution >= 0.6 is 0 Å². The van der Waals surface area contributed by atoms with Crippen LogP contribution in [0, 0.1) is 0 Å². The van der Waals surface area contributed by atoms with Crippen molar-refractivity contribution in [1.82, 2.24) is 0 Å². The van der Waals surface area contributed by atoms with E-state index >= 15 is 0 Å². The van der Waals surface area contributed by atoms with Gasteiger partial charge in [0, 0.05) is 5.39 Å². The van der Waals surface area contributed by atoms with Crippen molar-refractivity contribution < 1.29 is 19.4 Å². The summed E-state index contributed by atoms with van der Waals surface area (Å²) in [7, 11) is 1.51. The second-order valence-electron chi connectivity index (χ2n) is 3.85. The molecule has 1 unspecified atom stereocenters. The van der Waals surface area contributed by atoms with Gasteiger partial charge in [-0.3, -0.25) is 0 Å². The molecule has 0 spiro atoms. The zero-order valence-electron chi connectivity index (χ0n) is 9.14. The lowest BCUT2D eigenvalue weighted by atomic mass is 10.0. The standard InChI is InChI=1S/C13H10O4/c1-16-11-8-5-3-2-4-7(8)6-9-10(11)13(15)17-12(9)14/h2-6,13,15H,1H3. The highest BCUT2D eigenvalue weighted by Gasteiger charge is 2.34. The highest BCUT2D eigenvalue weighted by molar-refractivity contribution is 6.02. The number of hydrogen-bond donors (Lipinski definition) is 1. The number of carbonyl (C=O) groups is 1. The summed E-state index contributed by atoms with van der Waals surface area (Å²) in [4.78, 5) is 11.5. The molecule has 0 aromatic heterocycles. The van der Waals surface area contributed by atoms with Crippen molar-refractivity contribution >= 4 is 16.7 Å². The Kier molecular flexibility index (Phi) is 2.06. The number of rotatable bonds is 1. The summed E-state index contributed by atoms with van der Waals surface area (Å²) >= 11 is 0. The van der Waals surface area contributed by atoms with Gasteiger partial charge in [0.2, 0.25) is 6.29 Å². The van der Waals surface area contributed by atoms with Gasteiger partial charge in [-0.25, -0.2) is 4.79 Å². The fraction of sp³-hybridized carbons (Fsp3) is 0.154. The van der Waals surface area contributed by atoms with Gasteiger partial charge in [0.25, 0.3) is 0 Å². The smallest absolute Gasteiger partial charge is 0.341 e. The molecule has 0 saturated carbocycles. The summed E-state index contributed by atoms with van der Waals surface area (Å²) in [5, 5.41) is 11.4. The zero-order chi connectivity index (χ0) is 12.0. The lowest BCUT2D eigenvalue weighted by molar-refractivity contribution is -0.0555. The molecule has 0 radical (unpaired) electrons. The minimum absolute atomic E-state index is 0.369. The van der Waals surface area contributed by atoms with Gasteiger partial charge >= 0.3 is 5.97 Å². The van der Waals surface area contributed by atoms with Crippen molar-refractivity contribution in [3.8, 4) is 5.75 Å². The molecule has 0 amide bonds. The van der Waals surface area contributed by atoms with E-state index < -0.39 is 12.3 Å². The molecular weight excluding hydrogens is 220 g/mol. The molecule has 0 saturated heterocycles. The van der Waals surface area contributed by atoms with Crippen LogP contribution in [0.2, 0.25) is 0 Å². The summed E-state index contributed by atoms with van der Waals surface area (Å²) in [6.45, 7) is 0. The quantitative estimate of drug-likeness (QED) is 0.761. The Bertz CT molecular complexity index is 618. The highest BCUT2D eigenvalue weighted by atomic mass is 16.6. The maximum atomic E-state index is 11.5. The molecule has 4 heteroatoms. The SMILES string of the molecule is COc1c2c(cc3ccccc13)C(=O)OC2O. The van der Waals surface area contributed by atoms with Gasteiger partial charge in [-0.2, -0.15) is 0 Å². The van der Waals surface area contributed by atoms with E-state index in [1.54, 1.807) is 6.07 Å². The first-order valence-corrected chi connectivity index (χ1v) is 5.21. The van der Waals surface area contributed by atoms with Gasteiger partial charge in [0.05, 0.1) is 18.2 Å². The van der Waals surface area contributed by atoms with Crippen LogP contribution in [0.3, 0.4) is 0 Å². The number of benzene rings is 2. The molecule has 3 rings (SSSR count). The molecule has 17 heavy (non-hydrogen) atoms. The van der Waals surface area contributed by atoms with Crippen LogP contribution in [0.1, 0.15) is 22.2 Å². The first kappa shape index (κ1) is 10.1. The minimum atomic E-state index is -1.24. The molecular formula is C13H10O4. The van der Waals surface area contributed by atoms with Crippen LogP contribution in [0.4, 0.5) is 0 Å². The number of carbonyl (C=O) groups excluding carboxylic acids is 1. The number of esters is 1. The molecule has 2 aromatic carbocycles. The average molecular weight is 230 g/mol. The molecule has 1 heterocycles. The molecule has 1 aliphatic rings. The van der Waals surface area contributed by atoms with Crippen molar-refractivity contribution in [1.29, 1.82) is 0 Å². The maximum Gasteiger partial charge on any atom is 0.341 e. The maximum absolute atomic E-state index is 11.5. The molecule has 0 aliphatic carbocycles. The van der Waals surface area contributed by atoms with E-state index in [1.165, 1.54) is 7.11 Å². The predicted molar refractivity (Wildman–Crippen MR) is 60.9 cm³/mol. The van der Waals surface area contributed by atoms with Gasteiger partial charge < -0.3 is 14.6 Å². The van der Waals surface area contributed by atoms with E-state index in [-0.39, 0.29) is 0 Å². The summed E-state index contributed by atoms with van der Waals surface area (Å²) in [5.74, 6) is -0.0204. The van der Waals surface area contributed by atoms with Crippen LogP contribution in [-0.4, -0.2) is 18.2 Å². The van der Waals surface area contributed by atoms with Crippen molar-refractivity contribution in [3.63, 3.8) is 0 Å². The van der Waals surface area contributed by atoms with Crippen LogP contribution in [0.25, 0.3) is 10.8 Å². The number of hydrogen-bond acceptors (Lipinski definition) is 4. The van der Waals surface area contributed by atoms with Crippen molar-refractivity contribution in [2.45, 2.75) is 6.29 Å². The van der Waals surface area contributed by atoms with Crippen molar-refractivity contribution in [2.75, 3.05) is 7.11 Å². The Hall–Kier alpha value is -2.07. The second kappa shape index (κ2) is 3.46. The van der Waals surface area contributed by atoms with E-state index in [1.807, 2.05) is 24.3 Å². The van der Waals surface area contributed by atoms with Gasteiger partial charge in [-0.1, -0.05) is 24.3 Å². The Balaban J connectivity index is 2.44. The van der Waals surface area contributed by atoms with Gasteiger partial charge in [0.1, 0.15) is 5.75 Å². The molecule has 0 bridgehead atoms. The molecule has 86 valence electrons. The van der Waals surface area contributed by atoms with E-state index in [2.05, 4.69) is 0 Å². The highest BCUT2D eigenvalue weighted by Crippen LogP contribution is 2.41. The first-order chi connectivity index (χ1) is 8.22. The van der Waals surface area contributed by atoms with Crippen LogP contribution in [0.5, 0.6) is 5.75 Å². The van der Waals surface area contributed by atoms with Gasteiger partial charge in [0.15, 0.2) is 0 Å². The van der Waals surface area contributed by atoms with Crippen LogP contribution in [-0.2, 0) is 4.74 Å². The third-order valence-electron chi connectivity index (χ3n) is 2.93. The van der Waals surface area contributed by atoms with Crippen molar-refractivity contribution in [3.05, 3.63) is 41.5 Å². The Labute approximate surface area is 97.4 Å².